The highest BCUT2D eigenvalue weighted by Gasteiger charge is 2.05. The van der Waals surface area contributed by atoms with Crippen molar-refractivity contribution in [3.63, 3.8) is 0 Å². The van der Waals surface area contributed by atoms with Crippen LogP contribution in [0.4, 0.5) is 0 Å². The summed E-state index contributed by atoms with van der Waals surface area (Å²) in [5.41, 5.74) is 2.28. The zero-order valence-electron chi connectivity index (χ0n) is 10.4. The molecule has 1 aromatic carbocycles. The van der Waals surface area contributed by atoms with Crippen molar-refractivity contribution in [2.45, 2.75) is 25.8 Å². The van der Waals surface area contributed by atoms with Gasteiger partial charge < -0.3 is 5.11 Å². The second-order valence-electron chi connectivity index (χ2n) is 4.32. The summed E-state index contributed by atoms with van der Waals surface area (Å²) < 4.78 is 3.07. The van der Waals surface area contributed by atoms with Gasteiger partial charge in [0.2, 0.25) is 0 Å². The lowest BCUT2D eigenvalue weighted by molar-refractivity contribution is -0.137. The average Bonchev–Trinajstić information content (AvgIpc) is 2.83. The van der Waals surface area contributed by atoms with Crippen LogP contribution >= 0.6 is 22.6 Å². The Morgan fingerprint density at radius 3 is 2.84 bits per heavy atom. The molecular weight excluding hydrogens is 355 g/mol. The summed E-state index contributed by atoms with van der Waals surface area (Å²) in [7, 11) is 0. The first kappa shape index (κ1) is 14.0. The zero-order chi connectivity index (χ0) is 13.7. The standard InChI is InChI=1S/C14H15IN2O2/c15-13-6-2-1-5-12(13)11-9-16-17(10-11)8-4-3-7-14(18)19/h1-2,5-6,9-10H,3-4,7-8H2,(H,18,19). The Morgan fingerprint density at radius 2 is 2.11 bits per heavy atom. The largest absolute Gasteiger partial charge is 0.481 e. The van der Waals surface area contributed by atoms with E-state index in [-0.39, 0.29) is 6.42 Å². The Morgan fingerprint density at radius 1 is 1.32 bits per heavy atom. The molecule has 0 saturated carbocycles. The molecule has 0 fully saturated rings. The van der Waals surface area contributed by atoms with E-state index >= 15 is 0 Å². The van der Waals surface area contributed by atoms with Gasteiger partial charge in [0, 0.05) is 28.3 Å². The number of aliphatic carboxylic acids is 1. The van der Waals surface area contributed by atoms with E-state index in [1.165, 1.54) is 9.13 Å². The third kappa shape index (κ3) is 4.05. The van der Waals surface area contributed by atoms with Gasteiger partial charge in [0.1, 0.15) is 0 Å². The van der Waals surface area contributed by atoms with Gasteiger partial charge >= 0.3 is 5.97 Å². The number of unbranched alkanes of at least 4 members (excludes halogenated alkanes) is 1. The van der Waals surface area contributed by atoms with Crippen molar-refractivity contribution in [2.24, 2.45) is 0 Å². The molecule has 0 unspecified atom stereocenters. The summed E-state index contributed by atoms with van der Waals surface area (Å²) in [5.74, 6) is -0.736. The number of hydrogen-bond donors (Lipinski definition) is 1. The number of aryl methyl sites for hydroxylation is 1. The lowest BCUT2D eigenvalue weighted by atomic mass is 10.1. The molecule has 5 heteroatoms. The molecule has 2 aromatic rings. The monoisotopic (exact) mass is 370 g/mol. The molecule has 100 valence electrons. The van der Waals surface area contributed by atoms with Gasteiger partial charge in [-0.15, -0.1) is 0 Å². The van der Waals surface area contributed by atoms with Crippen LogP contribution in [0, 0.1) is 3.57 Å². The van der Waals surface area contributed by atoms with Gasteiger partial charge in [-0.3, -0.25) is 9.48 Å². The molecule has 1 aromatic heterocycles. The van der Waals surface area contributed by atoms with Gasteiger partial charge in [-0.25, -0.2) is 0 Å². The van der Waals surface area contributed by atoms with Gasteiger partial charge in [-0.2, -0.15) is 5.10 Å². The van der Waals surface area contributed by atoms with Crippen molar-refractivity contribution in [2.75, 3.05) is 0 Å². The minimum absolute atomic E-state index is 0.227. The highest BCUT2D eigenvalue weighted by Crippen LogP contribution is 2.24. The molecule has 0 aliphatic rings. The van der Waals surface area contributed by atoms with Crippen LogP contribution in [0.1, 0.15) is 19.3 Å². The first-order valence-electron chi connectivity index (χ1n) is 6.16. The number of nitrogens with zero attached hydrogens (tertiary/aromatic N) is 2. The topological polar surface area (TPSA) is 55.1 Å². The van der Waals surface area contributed by atoms with E-state index in [0.717, 1.165) is 18.5 Å². The summed E-state index contributed by atoms with van der Waals surface area (Å²) in [5, 5.41) is 12.9. The maximum Gasteiger partial charge on any atom is 0.303 e. The number of carboxylic acids is 1. The Hall–Kier alpha value is -1.37. The van der Waals surface area contributed by atoms with E-state index in [1.807, 2.05) is 29.2 Å². The summed E-state index contributed by atoms with van der Waals surface area (Å²) in [6, 6.07) is 8.18. The Kier molecular flexibility index (Phi) is 4.95. The van der Waals surface area contributed by atoms with Crippen molar-refractivity contribution in [1.29, 1.82) is 0 Å². The lowest BCUT2D eigenvalue weighted by Gasteiger charge is -2.01. The molecule has 1 N–H and O–H groups in total. The van der Waals surface area contributed by atoms with Gasteiger partial charge in [0.25, 0.3) is 0 Å². The van der Waals surface area contributed by atoms with Crippen LogP contribution < -0.4 is 0 Å². The van der Waals surface area contributed by atoms with Crippen LogP contribution in [0.3, 0.4) is 0 Å². The molecule has 0 aliphatic carbocycles. The molecule has 19 heavy (non-hydrogen) atoms. The van der Waals surface area contributed by atoms with Gasteiger partial charge in [0.05, 0.1) is 6.20 Å². The van der Waals surface area contributed by atoms with E-state index in [1.54, 1.807) is 0 Å². The fourth-order valence-electron chi connectivity index (χ4n) is 1.87. The fraction of sp³-hybridized carbons (Fsp3) is 0.286. The molecule has 2 rings (SSSR count). The van der Waals surface area contributed by atoms with Crippen molar-refractivity contribution in [3.05, 3.63) is 40.2 Å². The smallest absolute Gasteiger partial charge is 0.303 e. The van der Waals surface area contributed by atoms with Crippen molar-refractivity contribution >= 4 is 28.6 Å². The maximum atomic E-state index is 10.4. The summed E-state index contributed by atoms with van der Waals surface area (Å²) in [6.45, 7) is 0.761. The van der Waals surface area contributed by atoms with Crippen LogP contribution in [0.5, 0.6) is 0 Å². The van der Waals surface area contributed by atoms with E-state index in [4.69, 9.17) is 5.11 Å². The molecule has 0 aliphatic heterocycles. The summed E-state index contributed by atoms with van der Waals surface area (Å²) >= 11 is 2.31. The van der Waals surface area contributed by atoms with Crippen LogP contribution in [-0.2, 0) is 11.3 Å². The third-order valence-corrected chi connectivity index (χ3v) is 3.79. The quantitative estimate of drug-likeness (QED) is 0.626. The molecule has 0 amide bonds. The number of aromatic nitrogens is 2. The zero-order valence-corrected chi connectivity index (χ0v) is 12.6. The predicted octanol–water partition coefficient (Wildman–Crippen LogP) is 3.41. The van der Waals surface area contributed by atoms with E-state index in [2.05, 4.69) is 39.8 Å². The molecule has 1 heterocycles. The van der Waals surface area contributed by atoms with Crippen LogP contribution in [0.2, 0.25) is 0 Å². The number of carbonyl (C=O) groups is 1. The molecular formula is C14H15IN2O2. The molecule has 0 atom stereocenters. The van der Waals surface area contributed by atoms with Gasteiger partial charge in [0.15, 0.2) is 0 Å². The maximum absolute atomic E-state index is 10.4. The predicted molar refractivity (Wildman–Crippen MR) is 81.9 cm³/mol. The second kappa shape index (κ2) is 6.70. The van der Waals surface area contributed by atoms with E-state index in [0.29, 0.717) is 6.42 Å². The third-order valence-electron chi connectivity index (χ3n) is 2.85. The SMILES string of the molecule is O=C(O)CCCCn1cc(-c2ccccc2I)cn1. The Balaban J connectivity index is 1.96. The minimum Gasteiger partial charge on any atom is -0.481 e. The average molecular weight is 370 g/mol. The number of benzene rings is 1. The summed E-state index contributed by atoms with van der Waals surface area (Å²) in [4.78, 5) is 10.4. The highest BCUT2D eigenvalue weighted by molar-refractivity contribution is 14.1. The van der Waals surface area contributed by atoms with Crippen molar-refractivity contribution < 1.29 is 9.90 Å². The Labute approximate surface area is 125 Å². The number of halogens is 1. The number of rotatable bonds is 6. The molecule has 4 nitrogen and oxygen atoms in total. The van der Waals surface area contributed by atoms with Gasteiger partial charge in [-0.1, -0.05) is 18.2 Å². The fourth-order valence-corrected chi connectivity index (χ4v) is 2.57. The lowest BCUT2D eigenvalue weighted by Crippen LogP contribution is -2.00. The van der Waals surface area contributed by atoms with E-state index in [9.17, 15) is 4.79 Å². The highest BCUT2D eigenvalue weighted by atomic mass is 127. The van der Waals surface area contributed by atoms with Crippen molar-refractivity contribution in [1.82, 2.24) is 9.78 Å². The van der Waals surface area contributed by atoms with Crippen LogP contribution in [0.25, 0.3) is 11.1 Å². The molecule has 0 bridgehead atoms. The first-order valence-corrected chi connectivity index (χ1v) is 7.24. The number of hydrogen-bond acceptors (Lipinski definition) is 2. The normalized spacial score (nSPS) is 10.6. The first-order chi connectivity index (χ1) is 9.16. The molecule has 0 radical (unpaired) electrons. The van der Waals surface area contributed by atoms with Crippen molar-refractivity contribution in [3.8, 4) is 11.1 Å². The van der Waals surface area contributed by atoms with Gasteiger partial charge in [-0.05, 0) is 47.1 Å². The molecule has 0 spiro atoms. The van der Waals surface area contributed by atoms with Crippen LogP contribution in [0.15, 0.2) is 36.7 Å². The Bertz CT molecular complexity index is 566. The minimum atomic E-state index is -0.736. The van der Waals surface area contributed by atoms with E-state index < -0.39 is 5.97 Å². The number of carboxylic acid groups (broad SMARTS) is 1. The second-order valence-corrected chi connectivity index (χ2v) is 5.48. The van der Waals surface area contributed by atoms with Crippen LogP contribution in [-0.4, -0.2) is 20.9 Å². The summed E-state index contributed by atoms with van der Waals surface area (Å²) in [6.07, 6.45) is 5.62. The molecule has 0 saturated heterocycles.